The number of nitrogens with two attached hydrogens (primary N) is 1. The van der Waals surface area contributed by atoms with Crippen LogP contribution in [0.2, 0.25) is 0 Å². The predicted octanol–water partition coefficient (Wildman–Crippen LogP) is 2.66. The molecule has 3 nitrogen and oxygen atoms in total. The van der Waals surface area contributed by atoms with Crippen molar-refractivity contribution in [2.24, 2.45) is 5.73 Å². The van der Waals surface area contributed by atoms with Crippen molar-refractivity contribution in [3.63, 3.8) is 0 Å². The SMILES string of the molecule is CCOc1cc(C(N)=S)ccc1OCC(F)(F)F. The van der Waals surface area contributed by atoms with E-state index < -0.39 is 12.8 Å². The van der Waals surface area contributed by atoms with E-state index in [2.05, 4.69) is 4.74 Å². The fraction of sp³-hybridized carbons (Fsp3) is 0.364. The van der Waals surface area contributed by atoms with Gasteiger partial charge in [-0.2, -0.15) is 13.2 Å². The number of hydrogen-bond acceptors (Lipinski definition) is 3. The lowest BCUT2D eigenvalue weighted by atomic mass is 10.2. The summed E-state index contributed by atoms with van der Waals surface area (Å²) >= 11 is 4.77. The second-order valence-corrected chi connectivity index (χ2v) is 3.80. The molecule has 1 aromatic rings. The molecule has 100 valence electrons. The number of halogens is 3. The van der Waals surface area contributed by atoms with Gasteiger partial charge in [0.1, 0.15) is 4.99 Å². The molecule has 1 rings (SSSR count). The fourth-order valence-corrected chi connectivity index (χ4v) is 1.34. The lowest BCUT2D eigenvalue weighted by molar-refractivity contribution is -0.153. The number of alkyl halides is 3. The summed E-state index contributed by atoms with van der Waals surface area (Å²) in [5.41, 5.74) is 5.93. The van der Waals surface area contributed by atoms with Gasteiger partial charge in [-0.05, 0) is 25.1 Å². The van der Waals surface area contributed by atoms with E-state index in [1.807, 2.05) is 0 Å². The van der Waals surface area contributed by atoms with Crippen LogP contribution in [0.5, 0.6) is 11.5 Å². The summed E-state index contributed by atoms with van der Waals surface area (Å²) in [5, 5.41) is 0. The maximum absolute atomic E-state index is 12.1. The van der Waals surface area contributed by atoms with Crippen LogP contribution >= 0.6 is 12.2 Å². The molecule has 0 heterocycles. The third kappa shape index (κ3) is 4.40. The smallest absolute Gasteiger partial charge is 0.422 e. The topological polar surface area (TPSA) is 44.5 Å². The van der Waals surface area contributed by atoms with Gasteiger partial charge in [-0.25, -0.2) is 0 Å². The number of benzene rings is 1. The van der Waals surface area contributed by atoms with Crippen molar-refractivity contribution in [1.29, 1.82) is 0 Å². The molecule has 7 heteroatoms. The molecule has 18 heavy (non-hydrogen) atoms. The lowest BCUT2D eigenvalue weighted by Crippen LogP contribution is -2.19. The molecule has 0 aliphatic carbocycles. The first kappa shape index (κ1) is 14.6. The highest BCUT2D eigenvalue weighted by Gasteiger charge is 2.29. The van der Waals surface area contributed by atoms with Crippen molar-refractivity contribution in [3.05, 3.63) is 23.8 Å². The first-order valence-electron chi connectivity index (χ1n) is 5.09. The molecule has 0 saturated heterocycles. The highest BCUT2D eigenvalue weighted by Crippen LogP contribution is 2.30. The Morgan fingerprint density at radius 3 is 2.44 bits per heavy atom. The summed E-state index contributed by atoms with van der Waals surface area (Å²) in [5.74, 6) is 0.196. The van der Waals surface area contributed by atoms with E-state index in [1.54, 1.807) is 6.92 Å². The number of thiocarbonyl (C=S) groups is 1. The minimum Gasteiger partial charge on any atom is -0.490 e. The molecule has 0 amide bonds. The first-order chi connectivity index (χ1) is 8.33. The van der Waals surface area contributed by atoms with Crippen molar-refractivity contribution in [1.82, 2.24) is 0 Å². The first-order valence-corrected chi connectivity index (χ1v) is 5.50. The van der Waals surface area contributed by atoms with E-state index in [4.69, 9.17) is 22.7 Å². The number of ether oxygens (including phenoxy) is 2. The fourth-order valence-electron chi connectivity index (χ4n) is 1.21. The Labute approximate surface area is 108 Å². The molecule has 0 bridgehead atoms. The summed E-state index contributed by atoms with van der Waals surface area (Å²) in [6.07, 6.45) is -4.40. The molecule has 0 radical (unpaired) electrons. The normalized spacial score (nSPS) is 11.1. The van der Waals surface area contributed by atoms with Gasteiger partial charge in [-0.15, -0.1) is 0 Å². The van der Waals surface area contributed by atoms with E-state index in [-0.39, 0.29) is 16.5 Å². The minimum atomic E-state index is -4.40. The molecule has 0 aliphatic rings. The zero-order valence-electron chi connectivity index (χ0n) is 9.58. The van der Waals surface area contributed by atoms with Crippen molar-refractivity contribution < 1.29 is 22.6 Å². The minimum absolute atomic E-state index is 0.00850. The average molecular weight is 279 g/mol. The maximum Gasteiger partial charge on any atom is 0.422 e. The Hall–Kier alpha value is -1.50. The van der Waals surface area contributed by atoms with E-state index in [0.717, 1.165) is 0 Å². The summed E-state index contributed by atoms with van der Waals surface area (Å²) < 4.78 is 46.0. The Balaban J connectivity index is 2.92. The summed E-state index contributed by atoms with van der Waals surface area (Å²) in [6, 6.07) is 4.29. The molecule has 0 atom stereocenters. The molecule has 0 aromatic heterocycles. The van der Waals surface area contributed by atoms with Gasteiger partial charge in [0, 0.05) is 5.56 Å². The second kappa shape index (κ2) is 5.90. The van der Waals surface area contributed by atoms with Crippen molar-refractivity contribution in [2.75, 3.05) is 13.2 Å². The third-order valence-electron chi connectivity index (χ3n) is 1.92. The standard InChI is InChI=1S/C11H12F3NO2S/c1-2-16-9-5-7(10(15)18)3-4-8(9)17-6-11(12,13)14/h3-5H,2,6H2,1H3,(H2,15,18). The highest BCUT2D eigenvalue weighted by atomic mass is 32.1. The van der Waals surface area contributed by atoms with Gasteiger partial charge in [0.05, 0.1) is 6.61 Å². The van der Waals surface area contributed by atoms with Gasteiger partial charge < -0.3 is 15.2 Å². The molecule has 0 unspecified atom stereocenters. The Kier molecular flexibility index (Phi) is 4.77. The van der Waals surface area contributed by atoms with Crippen LogP contribution in [0, 0.1) is 0 Å². The van der Waals surface area contributed by atoms with Gasteiger partial charge >= 0.3 is 6.18 Å². The average Bonchev–Trinajstić information content (AvgIpc) is 2.26. The maximum atomic E-state index is 12.1. The molecule has 0 saturated carbocycles. The monoisotopic (exact) mass is 279 g/mol. The summed E-state index contributed by atoms with van der Waals surface area (Å²) in [4.78, 5) is 0.137. The van der Waals surface area contributed by atoms with Crippen LogP contribution in [0.4, 0.5) is 13.2 Å². The zero-order valence-corrected chi connectivity index (χ0v) is 10.4. The third-order valence-corrected chi connectivity index (χ3v) is 2.16. The van der Waals surface area contributed by atoms with E-state index >= 15 is 0 Å². The molecule has 0 aliphatic heterocycles. The molecular formula is C11H12F3NO2S. The van der Waals surface area contributed by atoms with E-state index in [0.29, 0.717) is 12.2 Å². The van der Waals surface area contributed by atoms with Gasteiger partial charge in [0.2, 0.25) is 0 Å². The van der Waals surface area contributed by atoms with Crippen LogP contribution in [0.3, 0.4) is 0 Å². The van der Waals surface area contributed by atoms with Crippen molar-refractivity contribution >= 4 is 17.2 Å². The Bertz CT molecular complexity index is 435. The van der Waals surface area contributed by atoms with Crippen molar-refractivity contribution in [2.45, 2.75) is 13.1 Å². The number of rotatable bonds is 5. The van der Waals surface area contributed by atoms with Gasteiger partial charge in [0.25, 0.3) is 0 Å². The summed E-state index contributed by atoms with van der Waals surface area (Å²) in [6.45, 7) is 0.629. The number of hydrogen-bond donors (Lipinski definition) is 1. The summed E-state index contributed by atoms with van der Waals surface area (Å²) in [7, 11) is 0. The van der Waals surface area contributed by atoms with Gasteiger partial charge in [-0.1, -0.05) is 12.2 Å². The highest BCUT2D eigenvalue weighted by molar-refractivity contribution is 7.80. The largest absolute Gasteiger partial charge is 0.490 e. The molecule has 2 N–H and O–H groups in total. The molecule has 0 spiro atoms. The van der Waals surface area contributed by atoms with Gasteiger partial charge in [-0.3, -0.25) is 0 Å². The Morgan fingerprint density at radius 2 is 1.94 bits per heavy atom. The Morgan fingerprint density at radius 1 is 1.28 bits per heavy atom. The van der Waals surface area contributed by atoms with Crippen LogP contribution in [0.25, 0.3) is 0 Å². The van der Waals surface area contributed by atoms with Crippen molar-refractivity contribution in [3.8, 4) is 11.5 Å². The predicted molar refractivity (Wildman–Crippen MR) is 65.0 cm³/mol. The van der Waals surface area contributed by atoms with Crippen LogP contribution in [-0.4, -0.2) is 24.4 Å². The van der Waals surface area contributed by atoms with Crippen LogP contribution < -0.4 is 15.2 Å². The van der Waals surface area contributed by atoms with Crippen LogP contribution in [0.15, 0.2) is 18.2 Å². The lowest BCUT2D eigenvalue weighted by Gasteiger charge is -2.14. The molecule has 0 fully saturated rings. The van der Waals surface area contributed by atoms with Gasteiger partial charge in [0.15, 0.2) is 18.1 Å². The van der Waals surface area contributed by atoms with E-state index in [9.17, 15) is 13.2 Å². The van der Waals surface area contributed by atoms with E-state index in [1.165, 1.54) is 18.2 Å². The van der Waals surface area contributed by atoms with Crippen LogP contribution in [0.1, 0.15) is 12.5 Å². The molecule has 1 aromatic carbocycles. The second-order valence-electron chi connectivity index (χ2n) is 3.36. The zero-order chi connectivity index (χ0) is 13.8. The molecular weight excluding hydrogens is 267 g/mol. The van der Waals surface area contributed by atoms with Crippen LogP contribution in [-0.2, 0) is 0 Å². The quantitative estimate of drug-likeness (QED) is 0.842.